The van der Waals surface area contributed by atoms with Crippen LogP contribution in [0.1, 0.15) is 0 Å². The van der Waals surface area contributed by atoms with Gasteiger partial charge in [0.2, 0.25) is 10.0 Å². The summed E-state index contributed by atoms with van der Waals surface area (Å²) < 4.78 is 27.1. The zero-order valence-corrected chi connectivity index (χ0v) is 15.2. The van der Waals surface area contributed by atoms with Crippen molar-refractivity contribution in [3.8, 4) is 0 Å². The summed E-state index contributed by atoms with van der Waals surface area (Å²) in [6.07, 6.45) is 1.50. The summed E-state index contributed by atoms with van der Waals surface area (Å²) in [6.45, 7) is 0. The van der Waals surface area contributed by atoms with E-state index in [0.29, 0.717) is 5.69 Å². The molecule has 12 N–H and O–H groups in total. The van der Waals surface area contributed by atoms with Crippen molar-refractivity contribution in [3.05, 3.63) is 40.6 Å². The molecule has 0 unspecified atom stereocenters. The first-order valence-electron chi connectivity index (χ1n) is 4.31. The molecule has 13 heteroatoms. The number of nitrogens with two attached hydrogens (primary N) is 1. The van der Waals surface area contributed by atoms with Crippen LogP contribution in [0.25, 0.3) is 4.72 Å². The summed E-state index contributed by atoms with van der Waals surface area (Å²) in [5.41, 5.74) is 5.98. The Balaban J connectivity index is -0.000000161. The molecule has 22 heavy (non-hydrogen) atoms. The van der Waals surface area contributed by atoms with Crippen molar-refractivity contribution < 1.29 is 65.4 Å². The first-order chi connectivity index (χ1) is 7.58. The average Bonchev–Trinajstić information content (AvgIpc) is 2.70. The van der Waals surface area contributed by atoms with Crippen LogP contribution in [-0.4, -0.2) is 40.8 Å². The van der Waals surface area contributed by atoms with Gasteiger partial charge in [-0.2, -0.15) is 11.3 Å². The predicted molar refractivity (Wildman–Crippen MR) is 81.2 cm³/mol. The summed E-state index contributed by atoms with van der Waals surface area (Å²) in [7, 11) is -3.68. The van der Waals surface area contributed by atoms with E-state index in [1.807, 2.05) is 0 Å². The van der Waals surface area contributed by atoms with Crippen LogP contribution in [-0.2, 0) is 10.0 Å². The Morgan fingerprint density at radius 1 is 1.00 bits per heavy atom. The zero-order valence-electron chi connectivity index (χ0n) is 11.6. The van der Waals surface area contributed by atoms with Crippen LogP contribution in [0.2, 0.25) is 0 Å². The van der Waals surface area contributed by atoms with Gasteiger partial charge < -0.3 is 42.8 Å². The van der Waals surface area contributed by atoms with Crippen molar-refractivity contribution in [1.82, 2.24) is 4.98 Å². The van der Waals surface area contributed by atoms with Crippen molar-refractivity contribution >= 4 is 32.2 Å². The molecule has 0 saturated heterocycles. The third-order valence-electron chi connectivity index (χ3n) is 1.80. The molecule has 2 rings (SSSR count). The Labute approximate surface area is 153 Å². The Bertz CT molecular complexity index is 578. The number of nitrogens with zero attached hydrogens (tertiary/aromatic N) is 2. The molecule has 1 aromatic heterocycles. The van der Waals surface area contributed by atoms with Crippen LogP contribution in [0, 0.1) is 0 Å². The second kappa shape index (κ2) is 13.8. The fourth-order valence-corrected chi connectivity index (χ4v) is 2.73. The maximum atomic E-state index is 11.8. The Morgan fingerprint density at radius 2 is 1.50 bits per heavy atom. The summed E-state index contributed by atoms with van der Waals surface area (Å²) in [5, 5.41) is 1.88. The summed E-state index contributed by atoms with van der Waals surface area (Å²) in [6, 6.07) is 5.87. The Morgan fingerprint density at radius 3 is 1.91 bits per heavy atom. The van der Waals surface area contributed by atoms with Crippen LogP contribution in [0.5, 0.6) is 0 Å². The van der Waals surface area contributed by atoms with E-state index in [0.717, 1.165) is 0 Å². The van der Waals surface area contributed by atoms with E-state index in [4.69, 9.17) is 5.73 Å². The largest absolute Gasteiger partial charge is 1.00 e. The van der Waals surface area contributed by atoms with E-state index in [2.05, 4.69) is 9.71 Å². The molecule has 1 heterocycles. The SMILES string of the molecule is Nc1ccc(S(=O)(=O)[N-]c2nccs2)cc1.O.O.O.O.O.[Na+]. The van der Waals surface area contributed by atoms with E-state index in [9.17, 15) is 8.42 Å². The molecule has 0 fully saturated rings. The second-order valence-corrected chi connectivity index (χ2v) is 5.43. The van der Waals surface area contributed by atoms with Gasteiger partial charge in [-0.1, -0.05) is 6.20 Å². The van der Waals surface area contributed by atoms with E-state index >= 15 is 0 Å². The normalized spacial score (nSPS) is 8.18. The molecule has 2 aromatic rings. The fraction of sp³-hybridized carbons (Fsp3) is 0. The van der Waals surface area contributed by atoms with Crippen LogP contribution in [0.15, 0.2) is 40.7 Å². The number of sulfonamides is 1. The van der Waals surface area contributed by atoms with Crippen molar-refractivity contribution in [2.45, 2.75) is 4.90 Å². The Kier molecular flexibility index (Phi) is 20.7. The number of benzene rings is 1. The maximum Gasteiger partial charge on any atom is 1.00 e. The number of rotatable bonds is 3. The number of nitrogen functional groups attached to an aromatic ring is 1. The van der Waals surface area contributed by atoms with E-state index in [1.54, 1.807) is 5.38 Å². The minimum atomic E-state index is -3.68. The average molecular weight is 367 g/mol. The van der Waals surface area contributed by atoms with Gasteiger partial charge in [0.05, 0.1) is 4.90 Å². The molecule has 124 valence electrons. The predicted octanol–water partition coefficient (Wildman–Crippen LogP) is -5.00. The van der Waals surface area contributed by atoms with Crippen molar-refractivity contribution in [3.63, 3.8) is 0 Å². The van der Waals surface area contributed by atoms with Gasteiger partial charge in [0, 0.05) is 10.8 Å². The van der Waals surface area contributed by atoms with Crippen molar-refractivity contribution in [1.29, 1.82) is 0 Å². The molecule has 0 amide bonds. The minimum absolute atomic E-state index is 0. The first kappa shape index (κ1) is 33.0. The van der Waals surface area contributed by atoms with Crippen LogP contribution < -0.4 is 35.3 Å². The van der Waals surface area contributed by atoms with Crippen molar-refractivity contribution in [2.75, 3.05) is 5.73 Å². The van der Waals surface area contributed by atoms with Crippen LogP contribution >= 0.6 is 11.3 Å². The number of thiazole rings is 1. The quantitative estimate of drug-likeness (QED) is 0.413. The third-order valence-corrected chi connectivity index (χ3v) is 3.86. The second-order valence-electron chi connectivity index (χ2n) is 2.95. The molecule has 0 aliphatic heterocycles. The molecule has 0 radical (unpaired) electrons. The summed E-state index contributed by atoms with van der Waals surface area (Å²) in [4.78, 5) is 3.90. The van der Waals surface area contributed by atoms with Crippen molar-refractivity contribution in [2.24, 2.45) is 0 Å². The standard InChI is InChI=1S/C9H8N3O2S2.Na.5H2O/c10-7-1-3-8(4-2-7)16(13,14)12-9-11-5-6-15-9;;;;;;/h1-6H,10H2;;5*1H2/q-1;+1;;;;;. The third kappa shape index (κ3) is 8.60. The molecule has 0 aliphatic rings. The van der Waals surface area contributed by atoms with Gasteiger partial charge in [0.25, 0.3) is 0 Å². The molecular weight excluding hydrogens is 349 g/mol. The van der Waals surface area contributed by atoms with E-state index in [1.165, 1.54) is 41.8 Å². The van der Waals surface area contributed by atoms with Gasteiger partial charge in [-0.3, -0.25) is 0 Å². The van der Waals surface area contributed by atoms with Gasteiger partial charge in [0.1, 0.15) is 0 Å². The van der Waals surface area contributed by atoms with Crippen LogP contribution in [0.4, 0.5) is 10.8 Å². The molecule has 1 aromatic carbocycles. The molecule has 0 saturated carbocycles. The summed E-state index contributed by atoms with van der Waals surface area (Å²) >= 11 is 1.17. The van der Waals surface area contributed by atoms with E-state index in [-0.39, 0.29) is 67.0 Å². The van der Waals surface area contributed by atoms with E-state index < -0.39 is 10.0 Å². The summed E-state index contributed by atoms with van der Waals surface area (Å²) in [5.74, 6) is 0. The number of aromatic nitrogens is 1. The van der Waals surface area contributed by atoms with Gasteiger partial charge in [-0.15, -0.1) is 0 Å². The van der Waals surface area contributed by atoms with Gasteiger partial charge in [-0.25, -0.2) is 8.42 Å². The fourth-order valence-electron chi connectivity index (χ4n) is 1.06. The topological polar surface area (TPSA) is 245 Å². The first-order valence-corrected chi connectivity index (χ1v) is 6.63. The molecule has 0 aliphatic carbocycles. The monoisotopic (exact) mass is 367 g/mol. The molecular formula is C9H18N3NaO7S2. The minimum Gasteiger partial charge on any atom is -0.433 e. The van der Waals surface area contributed by atoms with Gasteiger partial charge in [0.15, 0.2) is 0 Å². The molecule has 10 nitrogen and oxygen atoms in total. The molecule has 0 bridgehead atoms. The number of hydrogen-bond donors (Lipinski definition) is 1. The van der Waals surface area contributed by atoms with Gasteiger partial charge in [-0.05, 0) is 29.6 Å². The smallest absolute Gasteiger partial charge is 0.433 e. The van der Waals surface area contributed by atoms with Gasteiger partial charge >= 0.3 is 29.6 Å². The molecule has 0 spiro atoms. The Hall–Kier alpha value is -0.800. The number of hydrogen-bond acceptors (Lipinski definition) is 5. The maximum absolute atomic E-state index is 11.8. The molecule has 0 atom stereocenters. The number of anilines is 1. The zero-order chi connectivity index (χ0) is 11.6. The van der Waals surface area contributed by atoms with Crippen LogP contribution in [0.3, 0.4) is 0 Å².